The van der Waals surface area contributed by atoms with Gasteiger partial charge in [-0.1, -0.05) is 24.3 Å². The van der Waals surface area contributed by atoms with Crippen molar-refractivity contribution in [2.75, 3.05) is 32.8 Å². The molecule has 1 aromatic rings. The third-order valence-corrected chi connectivity index (χ3v) is 5.14. The van der Waals surface area contributed by atoms with Crippen LogP contribution in [0.4, 0.5) is 0 Å². The highest BCUT2D eigenvalue weighted by Crippen LogP contribution is 2.28. The summed E-state index contributed by atoms with van der Waals surface area (Å²) in [7, 11) is 0. The molecule has 2 fully saturated rings. The van der Waals surface area contributed by atoms with Crippen molar-refractivity contribution in [3.63, 3.8) is 0 Å². The summed E-state index contributed by atoms with van der Waals surface area (Å²) >= 11 is 0. The number of ether oxygens (including phenoxy) is 1. The van der Waals surface area contributed by atoms with E-state index in [2.05, 4.69) is 46.8 Å². The second-order valence-corrected chi connectivity index (χ2v) is 7.73. The Hall–Kier alpha value is -2.08. The molecule has 1 aliphatic carbocycles. The first-order valence-corrected chi connectivity index (χ1v) is 10.7. The predicted octanol–water partition coefficient (Wildman–Crippen LogP) is 2.68. The minimum atomic E-state index is 0.271. The van der Waals surface area contributed by atoms with Gasteiger partial charge in [0, 0.05) is 45.8 Å². The lowest BCUT2D eigenvalue weighted by Gasteiger charge is -2.15. The highest BCUT2D eigenvalue weighted by atomic mass is 16.5. The normalized spacial score (nSPS) is 17.2. The highest BCUT2D eigenvalue weighted by molar-refractivity contribution is 5.79. The molecule has 1 heterocycles. The molecule has 2 aliphatic rings. The standard InChI is InChI=1S/C22H34N4O2/c1-2-23-22(24-12-4-14-28-17-20-10-11-20)25-15-18-6-8-19(9-7-18)16-26-13-3-5-21(26)27/h6-9,20H,2-5,10-17H2,1H3,(H2,23,24,25). The second kappa shape index (κ2) is 11.1. The average Bonchev–Trinajstić information content (AvgIpc) is 3.45. The fourth-order valence-electron chi connectivity index (χ4n) is 3.27. The van der Waals surface area contributed by atoms with E-state index in [9.17, 15) is 4.79 Å². The number of rotatable bonds is 11. The van der Waals surface area contributed by atoms with Gasteiger partial charge in [-0.25, -0.2) is 4.99 Å². The van der Waals surface area contributed by atoms with Crippen LogP contribution in [-0.2, 0) is 22.6 Å². The molecule has 28 heavy (non-hydrogen) atoms. The van der Waals surface area contributed by atoms with Crippen LogP contribution in [0.2, 0.25) is 0 Å². The number of hydrogen-bond acceptors (Lipinski definition) is 3. The van der Waals surface area contributed by atoms with Crippen molar-refractivity contribution >= 4 is 11.9 Å². The lowest BCUT2D eigenvalue weighted by molar-refractivity contribution is -0.128. The van der Waals surface area contributed by atoms with E-state index in [1.54, 1.807) is 0 Å². The molecule has 6 nitrogen and oxygen atoms in total. The maximum absolute atomic E-state index is 11.7. The number of nitrogens with zero attached hydrogens (tertiary/aromatic N) is 2. The molecule has 0 unspecified atom stereocenters. The lowest BCUT2D eigenvalue weighted by atomic mass is 10.1. The van der Waals surface area contributed by atoms with E-state index in [0.29, 0.717) is 13.0 Å². The number of carbonyl (C=O) groups excluding carboxylic acids is 1. The molecule has 0 spiro atoms. The second-order valence-electron chi connectivity index (χ2n) is 7.73. The Labute approximate surface area is 168 Å². The van der Waals surface area contributed by atoms with Crippen molar-refractivity contribution < 1.29 is 9.53 Å². The monoisotopic (exact) mass is 386 g/mol. The Morgan fingerprint density at radius 2 is 2.00 bits per heavy atom. The number of nitrogens with one attached hydrogen (secondary N) is 2. The third-order valence-electron chi connectivity index (χ3n) is 5.14. The van der Waals surface area contributed by atoms with Crippen LogP contribution in [-0.4, -0.2) is 49.6 Å². The molecule has 0 bridgehead atoms. The molecule has 2 N–H and O–H groups in total. The molecule has 0 atom stereocenters. The zero-order chi connectivity index (χ0) is 19.6. The zero-order valence-corrected chi connectivity index (χ0v) is 17.1. The van der Waals surface area contributed by atoms with E-state index in [1.165, 1.54) is 24.0 Å². The first-order valence-electron chi connectivity index (χ1n) is 10.7. The summed E-state index contributed by atoms with van der Waals surface area (Å²) in [6.07, 6.45) is 5.35. The van der Waals surface area contributed by atoms with Crippen molar-refractivity contribution in [2.45, 2.75) is 52.1 Å². The summed E-state index contributed by atoms with van der Waals surface area (Å²) in [5, 5.41) is 6.66. The van der Waals surface area contributed by atoms with Crippen molar-refractivity contribution in [3.05, 3.63) is 35.4 Å². The van der Waals surface area contributed by atoms with Gasteiger partial charge in [0.15, 0.2) is 5.96 Å². The Kier molecular flexibility index (Phi) is 8.15. The van der Waals surface area contributed by atoms with Gasteiger partial charge in [-0.05, 0) is 49.7 Å². The number of aliphatic imine (C=N–C) groups is 1. The summed E-state index contributed by atoms with van der Waals surface area (Å²) in [5.41, 5.74) is 2.35. The number of carbonyl (C=O) groups is 1. The fourth-order valence-corrected chi connectivity index (χ4v) is 3.27. The highest BCUT2D eigenvalue weighted by Gasteiger charge is 2.21. The first-order chi connectivity index (χ1) is 13.7. The molecule has 1 aliphatic heterocycles. The predicted molar refractivity (Wildman–Crippen MR) is 112 cm³/mol. The topological polar surface area (TPSA) is 66.0 Å². The fraction of sp³-hybridized carbons (Fsp3) is 0.636. The van der Waals surface area contributed by atoms with Crippen LogP contribution >= 0.6 is 0 Å². The van der Waals surface area contributed by atoms with Gasteiger partial charge >= 0.3 is 0 Å². The van der Waals surface area contributed by atoms with Gasteiger partial charge in [-0.3, -0.25) is 4.79 Å². The van der Waals surface area contributed by atoms with Gasteiger partial charge in [0.25, 0.3) is 0 Å². The van der Waals surface area contributed by atoms with Crippen molar-refractivity contribution in [2.24, 2.45) is 10.9 Å². The molecule has 0 aromatic heterocycles. The largest absolute Gasteiger partial charge is 0.381 e. The van der Waals surface area contributed by atoms with E-state index < -0.39 is 0 Å². The Balaban J connectivity index is 1.39. The number of hydrogen-bond donors (Lipinski definition) is 2. The number of likely N-dealkylation sites (tertiary alicyclic amines) is 1. The first kappa shape index (κ1) is 20.6. The Morgan fingerprint density at radius 1 is 1.21 bits per heavy atom. The summed E-state index contributed by atoms with van der Waals surface area (Å²) < 4.78 is 5.67. The van der Waals surface area contributed by atoms with Crippen LogP contribution in [0, 0.1) is 5.92 Å². The quantitative estimate of drug-likeness (QED) is 0.349. The van der Waals surface area contributed by atoms with Crippen LogP contribution in [0.5, 0.6) is 0 Å². The van der Waals surface area contributed by atoms with Gasteiger partial charge in [-0.2, -0.15) is 0 Å². The van der Waals surface area contributed by atoms with E-state index >= 15 is 0 Å². The zero-order valence-electron chi connectivity index (χ0n) is 17.1. The van der Waals surface area contributed by atoms with Gasteiger partial charge in [0.05, 0.1) is 6.54 Å². The number of amides is 1. The molecule has 1 aromatic carbocycles. The number of benzene rings is 1. The third kappa shape index (κ3) is 7.15. The molecule has 1 saturated carbocycles. The minimum absolute atomic E-state index is 0.271. The van der Waals surface area contributed by atoms with Crippen molar-refractivity contribution in [1.29, 1.82) is 0 Å². The molecule has 1 saturated heterocycles. The van der Waals surface area contributed by atoms with Crippen LogP contribution in [0.1, 0.15) is 50.2 Å². The van der Waals surface area contributed by atoms with Crippen molar-refractivity contribution in [1.82, 2.24) is 15.5 Å². The van der Waals surface area contributed by atoms with E-state index in [1.807, 2.05) is 4.90 Å². The smallest absolute Gasteiger partial charge is 0.222 e. The summed E-state index contributed by atoms with van der Waals surface area (Å²) in [5.74, 6) is 1.94. The minimum Gasteiger partial charge on any atom is -0.381 e. The van der Waals surface area contributed by atoms with E-state index in [0.717, 1.165) is 64.1 Å². The maximum atomic E-state index is 11.7. The Morgan fingerprint density at radius 3 is 2.68 bits per heavy atom. The molecular formula is C22H34N4O2. The van der Waals surface area contributed by atoms with Crippen molar-refractivity contribution in [3.8, 4) is 0 Å². The summed E-state index contributed by atoms with van der Waals surface area (Å²) in [6.45, 7) is 7.75. The van der Waals surface area contributed by atoms with E-state index in [4.69, 9.17) is 4.74 Å². The van der Waals surface area contributed by atoms with E-state index in [-0.39, 0.29) is 5.91 Å². The number of guanidine groups is 1. The van der Waals surface area contributed by atoms with Crippen LogP contribution in [0.25, 0.3) is 0 Å². The molecule has 6 heteroatoms. The van der Waals surface area contributed by atoms with Crippen LogP contribution < -0.4 is 10.6 Å². The van der Waals surface area contributed by atoms with Crippen LogP contribution in [0.15, 0.2) is 29.3 Å². The van der Waals surface area contributed by atoms with Gasteiger partial charge in [0.2, 0.25) is 5.91 Å². The lowest BCUT2D eigenvalue weighted by Crippen LogP contribution is -2.38. The summed E-state index contributed by atoms with van der Waals surface area (Å²) in [4.78, 5) is 18.4. The van der Waals surface area contributed by atoms with Gasteiger partial charge in [0.1, 0.15) is 0 Å². The van der Waals surface area contributed by atoms with Gasteiger partial charge < -0.3 is 20.3 Å². The average molecular weight is 387 g/mol. The SMILES string of the molecule is CCNC(=NCc1ccc(CN2CCCC2=O)cc1)NCCCOCC1CC1. The maximum Gasteiger partial charge on any atom is 0.222 e. The summed E-state index contributed by atoms with van der Waals surface area (Å²) in [6, 6.07) is 8.42. The molecule has 1 amide bonds. The molecular weight excluding hydrogens is 352 g/mol. The van der Waals surface area contributed by atoms with Gasteiger partial charge in [-0.15, -0.1) is 0 Å². The molecule has 154 valence electrons. The van der Waals surface area contributed by atoms with Crippen LogP contribution in [0.3, 0.4) is 0 Å². The Bertz CT molecular complexity index is 640. The molecule has 3 rings (SSSR count). The molecule has 0 radical (unpaired) electrons.